The number of H-pyrrole nitrogens is 1. The highest BCUT2D eigenvalue weighted by Gasteiger charge is 2.10. The van der Waals surface area contributed by atoms with E-state index in [-0.39, 0.29) is 0 Å². The SMILES string of the molecule is C=C/C=C\C(=C/NC)c1[nH]ncc1C(/C=C\NC)=C/C=C. The summed E-state index contributed by atoms with van der Waals surface area (Å²) < 4.78 is 0. The number of rotatable bonds is 8. The van der Waals surface area contributed by atoms with E-state index < -0.39 is 0 Å². The van der Waals surface area contributed by atoms with Gasteiger partial charge in [-0.15, -0.1) is 0 Å². The van der Waals surface area contributed by atoms with Crippen LogP contribution in [0.2, 0.25) is 0 Å². The van der Waals surface area contributed by atoms with Gasteiger partial charge < -0.3 is 10.6 Å². The lowest BCUT2D eigenvalue weighted by Gasteiger charge is -2.05. The van der Waals surface area contributed by atoms with E-state index in [0.717, 1.165) is 22.4 Å². The Morgan fingerprint density at radius 2 is 1.95 bits per heavy atom. The van der Waals surface area contributed by atoms with Gasteiger partial charge in [0, 0.05) is 31.4 Å². The molecule has 0 spiro atoms. The molecule has 0 amide bonds. The fourth-order valence-electron chi connectivity index (χ4n) is 1.79. The van der Waals surface area contributed by atoms with Gasteiger partial charge in [-0.3, -0.25) is 5.10 Å². The lowest BCUT2D eigenvalue weighted by atomic mass is 10.0. The molecule has 0 bridgehead atoms. The summed E-state index contributed by atoms with van der Waals surface area (Å²) >= 11 is 0. The normalized spacial score (nSPS) is 12.9. The Bertz CT molecular complexity index is 586. The number of aromatic amines is 1. The third-order valence-corrected chi connectivity index (χ3v) is 2.68. The van der Waals surface area contributed by atoms with Crippen molar-refractivity contribution >= 4 is 11.1 Å². The van der Waals surface area contributed by atoms with Crippen LogP contribution in [-0.2, 0) is 0 Å². The maximum absolute atomic E-state index is 4.16. The van der Waals surface area contributed by atoms with Gasteiger partial charge in [0.05, 0.1) is 11.9 Å². The van der Waals surface area contributed by atoms with E-state index in [0.29, 0.717) is 0 Å². The van der Waals surface area contributed by atoms with Crippen LogP contribution in [0.25, 0.3) is 11.1 Å². The van der Waals surface area contributed by atoms with Crippen molar-refractivity contribution in [2.75, 3.05) is 14.1 Å². The third-order valence-electron chi connectivity index (χ3n) is 2.68. The van der Waals surface area contributed by atoms with Crippen LogP contribution in [-0.4, -0.2) is 24.3 Å². The van der Waals surface area contributed by atoms with Gasteiger partial charge in [-0.2, -0.15) is 5.10 Å². The standard InChI is InChI=1S/C17H22N4/c1-5-7-9-15(12-19-4)17-16(13-20-21-17)14(8-6-2)10-11-18-3/h5-13,18-19H,1-2H2,3-4H3,(H,20,21)/b9-7-,11-10-,14-8+,15-12+. The van der Waals surface area contributed by atoms with Crippen LogP contribution in [0.3, 0.4) is 0 Å². The van der Waals surface area contributed by atoms with Gasteiger partial charge in [0.15, 0.2) is 0 Å². The third kappa shape index (κ3) is 4.69. The van der Waals surface area contributed by atoms with Crippen LogP contribution in [0.4, 0.5) is 0 Å². The topological polar surface area (TPSA) is 52.7 Å². The fourth-order valence-corrected chi connectivity index (χ4v) is 1.79. The monoisotopic (exact) mass is 282 g/mol. The van der Waals surface area contributed by atoms with Crippen molar-refractivity contribution in [3.63, 3.8) is 0 Å². The van der Waals surface area contributed by atoms with Gasteiger partial charge in [0.1, 0.15) is 0 Å². The van der Waals surface area contributed by atoms with E-state index in [4.69, 9.17) is 0 Å². The van der Waals surface area contributed by atoms with Crippen molar-refractivity contribution in [1.82, 2.24) is 20.8 Å². The first-order valence-electron chi connectivity index (χ1n) is 6.65. The molecule has 0 aliphatic heterocycles. The zero-order valence-corrected chi connectivity index (χ0v) is 12.6. The first-order chi connectivity index (χ1) is 10.3. The van der Waals surface area contributed by atoms with E-state index in [1.165, 1.54) is 0 Å². The second-order valence-electron chi connectivity index (χ2n) is 4.12. The lowest BCUT2D eigenvalue weighted by Crippen LogP contribution is -1.98. The molecule has 3 N–H and O–H groups in total. The minimum atomic E-state index is 0.927. The van der Waals surface area contributed by atoms with Crippen molar-refractivity contribution in [1.29, 1.82) is 0 Å². The molecule has 1 heterocycles. The summed E-state index contributed by atoms with van der Waals surface area (Å²) in [4.78, 5) is 0. The minimum Gasteiger partial charge on any atom is -0.394 e. The average molecular weight is 282 g/mol. The van der Waals surface area contributed by atoms with Crippen molar-refractivity contribution < 1.29 is 0 Å². The predicted octanol–water partition coefficient (Wildman–Crippen LogP) is 3.01. The Hall–Kier alpha value is -2.75. The average Bonchev–Trinajstić information content (AvgIpc) is 2.97. The molecule has 21 heavy (non-hydrogen) atoms. The van der Waals surface area contributed by atoms with Crippen molar-refractivity contribution in [3.05, 3.63) is 79.5 Å². The lowest BCUT2D eigenvalue weighted by molar-refractivity contribution is 1.06. The highest BCUT2D eigenvalue weighted by Crippen LogP contribution is 2.25. The minimum absolute atomic E-state index is 0.927. The molecule has 0 aromatic carbocycles. The molecule has 110 valence electrons. The molecule has 0 aliphatic carbocycles. The molecule has 0 aliphatic rings. The molecule has 0 saturated heterocycles. The summed E-state index contributed by atoms with van der Waals surface area (Å²) in [6.45, 7) is 7.46. The quantitative estimate of drug-likeness (QED) is 0.642. The second kappa shape index (κ2) is 9.20. The van der Waals surface area contributed by atoms with Crippen LogP contribution in [0, 0.1) is 0 Å². The molecular weight excluding hydrogens is 260 g/mol. The van der Waals surface area contributed by atoms with Crippen LogP contribution >= 0.6 is 0 Å². The van der Waals surface area contributed by atoms with Gasteiger partial charge in [-0.25, -0.2) is 0 Å². The Labute approximate surface area is 126 Å². The summed E-state index contributed by atoms with van der Waals surface area (Å²) in [7, 11) is 3.72. The number of nitrogens with zero attached hydrogens (tertiary/aromatic N) is 1. The van der Waals surface area contributed by atoms with Crippen molar-refractivity contribution in [2.24, 2.45) is 0 Å². The predicted molar refractivity (Wildman–Crippen MR) is 91.3 cm³/mol. The summed E-state index contributed by atoms with van der Waals surface area (Å²) in [5, 5.41) is 13.2. The smallest absolute Gasteiger partial charge is 0.0743 e. The zero-order valence-electron chi connectivity index (χ0n) is 12.6. The Morgan fingerprint density at radius 1 is 1.14 bits per heavy atom. The van der Waals surface area contributed by atoms with Crippen LogP contribution in [0.15, 0.2) is 68.2 Å². The molecule has 0 atom stereocenters. The van der Waals surface area contributed by atoms with Gasteiger partial charge in [0.2, 0.25) is 0 Å². The maximum Gasteiger partial charge on any atom is 0.0743 e. The van der Waals surface area contributed by atoms with Gasteiger partial charge in [0.25, 0.3) is 0 Å². The van der Waals surface area contributed by atoms with E-state index >= 15 is 0 Å². The summed E-state index contributed by atoms with van der Waals surface area (Å²) in [5.74, 6) is 0. The number of hydrogen-bond donors (Lipinski definition) is 3. The van der Waals surface area contributed by atoms with E-state index in [9.17, 15) is 0 Å². The molecule has 0 fully saturated rings. The second-order valence-corrected chi connectivity index (χ2v) is 4.12. The van der Waals surface area contributed by atoms with Crippen LogP contribution in [0.1, 0.15) is 11.3 Å². The summed E-state index contributed by atoms with van der Waals surface area (Å²) in [6, 6.07) is 0. The highest BCUT2D eigenvalue weighted by atomic mass is 15.1. The summed E-state index contributed by atoms with van der Waals surface area (Å²) in [6.07, 6.45) is 16.8. The van der Waals surface area contributed by atoms with Gasteiger partial charge in [-0.1, -0.05) is 43.5 Å². The molecular formula is C17H22N4. The molecule has 1 aromatic heterocycles. The van der Waals surface area contributed by atoms with E-state index in [1.54, 1.807) is 18.3 Å². The van der Waals surface area contributed by atoms with Crippen molar-refractivity contribution in [2.45, 2.75) is 0 Å². The number of hydrogen-bond acceptors (Lipinski definition) is 3. The van der Waals surface area contributed by atoms with Crippen molar-refractivity contribution in [3.8, 4) is 0 Å². The maximum atomic E-state index is 4.16. The molecule has 4 nitrogen and oxygen atoms in total. The fraction of sp³-hybridized carbons (Fsp3) is 0.118. The summed E-state index contributed by atoms with van der Waals surface area (Å²) in [5.41, 5.74) is 3.92. The largest absolute Gasteiger partial charge is 0.394 e. The molecule has 1 aromatic rings. The van der Waals surface area contributed by atoms with Gasteiger partial charge in [-0.05, 0) is 17.8 Å². The Balaban J connectivity index is 3.31. The molecule has 0 unspecified atom stereocenters. The van der Waals surface area contributed by atoms with Gasteiger partial charge >= 0.3 is 0 Å². The Morgan fingerprint density at radius 3 is 2.57 bits per heavy atom. The number of nitrogens with one attached hydrogen (secondary N) is 3. The van der Waals surface area contributed by atoms with Crippen LogP contribution in [0.5, 0.6) is 0 Å². The molecule has 4 heteroatoms. The first kappa shape index (κ1) is 16.3. The highest BCUT2D eigenvalue weighted by molar-refractivity contribution is 5.85. The molecule has 0 radical (unpaired) electrons. The first-order valence-corrected chi connectivity index (χ1v) is 6.65. The number of allylic oxidation sites excluding steroid dienone is 8. The number of aromatic nitrogens is 2. The molecule has 1 rings (SSSR count). The van der Waals surface area contributed by atoms with E-state index in [2.05, 4.69) is 34.0 Å². The van der Waals surface area contributed by atoms with E-state index in [1.807, 2.05) is 50.8 Å². The van der Waals surface area contributed by atoms with Crippen LogP contribution < -0.4 is 10.6 Å². The Kier molecular flexibility index (Phi) is 7.14. The zero-order chi connectivity index (χ0) is 15.5. The molecule has 0 saturated carbocycles.